The van der Waals surface area contributed by atoms with Gasteiger partial charge in [0.05, 0.1) is 4.53 Å². The maximum atomic E-state index is 12.8. The number of rotatable bonds is 4. The van der Waals surface area contributed by atoms with Crippen molar-refractivity contribution in [2.24, 2.45) is 0 Å². The molecule has 0 atom stereocenters. The average molecular weight is 419 g/mol. The van der Waals surface area contributed by atoms with Gasteiger partial charge in [-0.15, -0.1) is 0 Å². The molecule has 0 unspecified atom stereocenters. The summed E-state index contributed by atoms with van der Waals surface area (Å²) in [4.78, 5) is 40.5. The fourth-order valence-electron chi connectivity index (χ4n) is 2.90. The smallest absolute Gasteiger partial charge is 0.308 e. The second-order valence-corrected chi connectivity index (χ2v) is 7.81. The summed E-state index contributed by atoms with van der Waals surface area (Å²) < 4.78 is 6.58. The molecule has 30 heavy (non-hydrogen) atoms. The highest BCUT2D eigenvalue weighted by molar-refractivity contribution is 7.15. The third-order valence-electron chi connectivity index (χ3n) is 4.38. The van der Waals surface area contributed by atoms with Crippen LogP contribution in [0, 0.1) is 6.92 Å². The molecule has 7 nitrogen and oxygen atoms in total. The zero-order valence-electron chi connectivity index (χ0n) is 16.3. The van der Waals surface area contributed by atoms with Gasteiger partial charge in [0.15, 0.2) is 0 Å². The van der Waals surface area contributed by atoms with E-state index in [2.05, 4.69) is 10.1 Å². The van der Waals surface area contributed by atoms with E-state index in [1.54, 1.807) is 30.3 Å². The molecule has 0 aliphatic carbocycles. The Balaban J connectivity index is 1.70. The topological polar surface area (TPSA) is 90.6 Å². The van der Waals surface area contributed by atoms with Crippen LogP contribution in [0.15, 0.2) is 58.1 Å². The van der Waals surface area contributed by atoms with Gasteiger partial charge >= 0.3 is 5.97 Å². The third kappa shape index (κ3) is 4.18. The molecule has 0 saturated heterocycles. The van der Waals surface area contributed by atoms with Crippen LogP contribution in [-0.2, 0) is 11.2 Å². The van der Waals surface area contributed by atoms with Crippen LogP contribution in [0.25, 0.3) is 11.0 Å². The van der Waals surface area contributed by atoms with Crippen LogP contribution in [-0.4, -0.2) is 20.6 Å². The molecule has 2 aromatic heterocycles. The number of esters is 1. The first-order valence-corrected chi connectivity index (χ1v) is 9.99. The van der Waals surface area contributed by atoms with Gasteiger partial charge in [-0.1, -0.05) is 53.3 Å². The Kier molecular flexibility index (Phi) is 5.24. The van der Waals surface area contributed by atoms with Crippen LogP contribution >= 0.6 is 11.3 Å². The van der Waals surface area contributed by atoms with Crippen LogP contribution in [0.3, 0.4) is 0 Å². The number of carbonyl (C=O) groups excluding carboxylic acids is 1. The summed E-state index contributed by atoms with van der Waals surface area (Å²) in [5.41, 5.74) is 2.25. The molecule has 4 rings (SSSR count). The number of aromatic nitrogens is 3. The number of benzene rings is 2. The van der Waals surface area contributed by atoms with Crippen molar-refractivity contribution in [3.05, 3.63) is 96.2 Å². The summed E-state index contributed by atoms with van der Waals surface area (Å²) in [5.74, 6) is 0.0225. The van der Waals surface area contributed by atoms with Gasteiger partial charge in [0.25, 0.3) is 11.1 Å². The van der Waals surface area contributed by atoms with Crippen LogP contribution in [0.4, 0.5) is 0 Å². The minimum absolute atomic E-state index is 0.225. The summed E-state index contributed by atoms with van der Waals surface area (Å²) in [6.07, 6.45) is 1.99. The van der Waals surface area contributed by atoms with Crippen molar-refractivity contribution in [2.45, 2.75) is 20.3 Å². The summed E-state index contributed by atoms with van der Waals surface area (Å²) >= 11 is 1.10. The van der Waals surface area contributed by atoms with E-state index in [0.29, 0.717) is 16.7 Å². The molecule has 150 valence electrons. The Morgan fingerprint density at radius 1 is 1.10 bits per heavy atom. The predicted octanol–water partition coefficient (Wildman–Crippen LogP) is 1.88. The number of thiazole rings is 1. The molecule has 0 N–H and O–H groups in total. The van der Waals surface area contributed by atoms with Gasteiger partial charge in [0.2, 0.25) is 4.96 Å². The monoisotopic (exact) mass is 419 g/mol. The van der Waals surface area contributed by atoms with Crippen molar-refractivity contribution in [1.29, 1.82) is 0 Å². The Morgan fingerprint density at radius 3 is 2.47 bits per heavy atom. The zero-order valence-corrected chi connectivity index (χ0v) is 17.1. The van der Waals surface area contributed by atoms with Crippen molar-refractivity contribution in [1.82, 2.24) is 14.6 Å². The molecule has 4 aromatic rings. The van der Waals surface area contributed by atoms with Crippen molar-refractivity contribution >= 4 is 28.3 Å². The Morgan fingerprint density at radius 2 is 1.80 bits per heavy atom. The van der Waals surface area contributed by atoms with E-state index in [1.165, 1.54) is 11.4 Å². The normalized spacial score (nSPS) is 11.7. The van der Waals surface area contributed by atoms with Gasteiger partial charge in [-0.3, -0.25) is 14.4 Å². The first kappa shape index (κ1) is 19.7. The SMILES string of the molecule is CC(=O)Oc1ccc(C=c2sc3nc(=O)c(Cc4ccc(C)cc4)nn3c2=O)cc1. The first-order valence-electron chi connectivity index (χ1n) is 9.17. The Bertz CT molecular complexity index is 1400. The van der Waals surface area contributed by atoms with E-state index in [4.69, 9.17) is 4.74 Å². The van der Waals surface area contributed by atoms with E-state index in [1.807, 2.05) is 31.2 Å². The summed E-state index contributed by atoms with van der Waals surface area (Å²) in [6, 6.07) is 14.5. The highest BCUT2D eigenvalue weighted by atomic mass is 32.1. The molecule has 0 aliphatic heterocycles. The molecular formula is C22H17N3O4S. The van der Waals surface area contributed by atoms with Crippen molar-refractivity contribution in [2.75, 3.05) is 0 Å². The maximum absolute atomic E-state index is 12.8. The molecule has 0 fully saturated rings. The Hall–Kier alpha value is -3.65. The quantitative estimate of drug-likeness (QED) is 0.371. The molecule has 0 radical (unpaired) electrons. The van der Waals surface area contributed by atoms with Crippen LogP contribution < -0.4 is 20.4 Å². The number of nitrogens with zero attached hydrogens (tertiary/aromatic N) is 3. The van der Waals surface area contributed by atoms with Gasteiger partial charge in [-0.2, -0.15) is 14.6 Å². The lowest BCUT2D eigenvalue weighted by Gasteiger charge is -2.01. The number of ether oxygens (including phenoxy) is 1. The third-order valence-corrected chi connectivity index (χ3v) is 5.34. The lowest BCUT2D eigenvalue weighted by molar-refractivity contribution is -0.131. The van der Waals surface area contributed by atoms with Crippen molar-refractivity contribution in [3.63, 3.8) is 0 Å². The van der Waals surface area contributed by atoms with Crippen LogP contribution in [0.5, 0.6) is 5.75 Å². The summed E-state index contributed by atoms with van der Waals surface area (Å²) in [5, 5.41) is 4.26. The zero-order chi connectivity index (χ0) is 21.3. The van der Waals surface area contributed by atoms with Gasteiger partial charge in [-0.25, -0.2) is 0 Å². The predicted molar refractivity (Wildman–Crippen MR) is 114 cm³/mol. The number of hydrogen-bond donors (Lipinski definition) is 0. The van der Waals surface area contributed by atoms with Gasteiger partial charge < -0.3 is 4.74 Å². The average Bonchev–Trinajstić information content (AvgIpc) is 2.99. The molecule has 0 saturated carbocycles. The second kappa shape index (κ2) is 8.00. The fourth-order valence-corrected chi connectivity index (χ4v) is 3.80. The molecule has 0 aliphatic rings. The van der Waals surface area contributed by atoms with E-state index >= 15 is 0 Å². The maximum Gasteiger partial charge on any atom is 0.308 e. The lowest BCUT2D eigenvalue weighted by atomic mass is 10.1. The van der Waals surface area contributed by atoms with Crippen LogP contribution in [0.2, 0.25) is 0 Å². The van der Waals surface area contributed by atoms with Crippen molar-refractivity contribution < 1.29 is 9.53 Å². The molecule has 2 heterocycles. The molecule has 0 bridgehead atoms. The molecule has 2 aromatic carbocycles. The largest absolute Gasteiger partial charge is 0.427 e. The first-order chi connectivity index (χ1) is 14.4. The van der Waals surface area contributed by atoms with Crippen molar-refractivity contribution in [3.8, 4) is 5.75 Å². The van der Waals surface area contributed by atoms with E-state index in [-0.39, 0.29) is 16.2 Å². The fraction of sp³-hybridized carbons (Fsp3) is 0.136. The van der Waals surface area contributed by atoms with Gasteiger partial charge in [-0.05, 0) is 36.3 Å². The summed E-state index contributed by atoms with van der Waals surface area (Å²) in [6.45, 7) is 3.32. The summed E-state index contributed by atoms with van der Waals surface area (Å²) in [7, 11) is 0. The standard InChI is InChI=1S/C22H17N3O4S/c1-13-3-5-15(6-4-13)11-18-20(27)23-22-25(24-18)21(28)19(30-22)12-16-7-9-17(10-8-16)29-14(2)26/h3-10,12H,11H2,1-2H3. The number of hydrogen-bond acceptors (Lipinski definition) is 7. The van der Waals surface area contributed by atoms with Gasteiger partial charge in [0, 0.05) is 13.3 Å². The van der Waals surface area contributed by atoms with Crippen LogP contribution in [0.1, 0.15) is 29.3 Å². The van der Waals surface area contributed by atoms with E-state index in [9.17, 15) is 14.4 Å². The minimum Gasteiger partial charge on any atom is -0.427 e. The highest BCUT2D eigenvalue weighted by Crippen LogP contribution is 2.13. The number of carbonyl (C=O) groups is 1. The Labute approximate surface area is 174 Å². The molecular weight excluding hydrogens is 402 g/mol. The van der Waals surface area contributed by atoms with Gasteiger partial charge in [0.1, 0.15) is 11.4 Å². The minimum atomic E-state index is -0.436. The molecule has 0 spiro atoms. The highest BCUT2D eigenvalue weighted by Gasteiger charge is 2.12. The number of aryl methyl sites for hydroxylation is 1. The lowest BCUT2D eigenvalue weighted by Crippen LogP contribution is -2.28. The molecule has 8 heteroatoms. The second-order valence-electron chi connectivity index (χ2n) is 6.80. The van der Waals surface area contributed by atoms with E-state index < -0.39 is 11.5 Å². The van der Waals surface area contributed by atoms with E-state index in [0.717, 1.165) is 28.0 Å². The molecule has 0 amide bonds. The number of fused-ring (bicyclic) bond motifs is 1.